The van der Waals surface area contributed by atoms with Crippen LogP contribution in [-0.2, 0) is 19.6 Å². The van der Waals surface area contributed by atoms with E-state index in [9.17, 15) is 18.0 Å². The molecule has 2 aliphatic heterocycles. The summed E-state index contributed by atoms with van der Waals surface area (Å²) in [6.45, 7) is 4.08. The smallest absolute Gasteiger partial charge is 0.245 e. The van der Waals surface area contributed by atoms with E-state index in [4.69, 9.17) is 14.0 Å². The van der Waals surface area contributed by atoms with E-state index in [1.807, 2.05) is 0 Å². The zero-order chi connectivity index (χ0) is 23.6. The van der Waals surface area contributed by atoms with Crippen molar-refractivity contribution in [2.24, 2.45) is 5.92 Å². The number of carbonyl (C=O) groups is 2. The van der Waals surface area contributed by atoms with Crippen molar-refractivity contribution >= 4 is 27.5 Å². The van der Waals surface area contributed by atoms with Gasteiger partial charge in [0.1, 0.15) is 10.6 Å². The second kappa shape index (κ2) is 9.40. The number of hydrogen-bond acceptors (Lipinski definition) is 8. The van der Waals surface area contributed by atoms with E-state index in [1.165, 1.54) is 6.92 Å². The molecule has 178 valence electrons. The van der Waals surface area contributed by atoms with Crippen LogP contribution in [0.3, 0.4) is 0 Å². The number of nitrogens with zero attached hydrogens (tertiary/aromatic N) is 2. The zero-order valence-electron chi connectivity index (χ0n) is 18.4. The number of sulfonamides is 1. The van der Waals surface area contributed by atoms with Gasteiger partial charge in [-0.3, -0.25) is 9.59 Å². The van der Waals surface area contributed by atoms with Crippen LogP contribution in [0, 0.1) is 19.8 Å². The van der Waals surface area contributed by atoms with Gasteiger partial charge in [-0.15, -0.1) is 0 Å². The Bertz CT molecular complexity index is 1130. The fraction of sp³-hybridized carbons (Fsp3) is 0.476. The minimum atomic E-state index is -3.81. The van der Waals surface area contributed by atoms with E-state index in [2.05, 4.69) is 15.2 Å². The second-order valence-electron chi connectivity index (χ2n) is 8.01. The summed E-state index contributed by atoms with van der Waals surface area (Å²) in [4.78, 5) is 26.8. The van der Waals surface area contributed by atoms with Crippen molar-refractivity contribution in [1.29, 1.82) is 0 Å². The number of ether oxygens (including phenoxy) is 2. The summed E-state index contributed by atoms with van der Waals surface area (Å²) >= 11 is 0. The molecule has 0 radical (unpaired) electrons. The Morgan fingerprint density at radius 1 is 1.15 bits per heavy atom. The van der Waals surface area contributed by atoms with Crippen LogP contribution in [0.25, 0.3) is 0 Å². The van der Waals surface area contributed by atoms with E-state index < -0.39 is 10.0 Å². The molecule has 2 aliphatic rings. The SMILES string of the molecule is Cc1noc(C)c1S(=O)(=O)NCCC(=O)N1CCC(C(=O)Nc2ccc3c(c2)OCO3)CC1. The number of hydrogen-bond donors (Lipinski definition) is 2. The molecule has 4 rings (SSSR count). The summed E-state index contributed by atoms with van der Waals surface area (Å²) in [7, 11) is -3.81. The number of nitrogens with one attached hydrogen (secondary N) is 2. The number of likely N-dealkylation sites (tertiary alicyclic amines) is 1. The lowest BCUT2D eigenvalue weighted by molar-refractivity contribution is -0.134. The van der Waals surface area contributed by atoms with Crippen molar-refractivity contribution in [3.63, 3.8) is 0 Å². The van der Waals surface area contributed by atoms with Gasteiger partial charge in [0.15, 0.2) is 17.3 Å². The van der Waals surface area contributed by atoms with Gasteiger partial charge < -0.3 is 24.2 Å². The standard InChI is InChI=1S/C21H26N4O7S/c1-13-20(14(2)32-24-13)33(28,29)22-8-5-19(26)25-9-6-15(7-10-25)21(27)23-16-3-4-17-18(11-16)31-12-30-17/h3-4,11,15,22H,5-10,12H2,1-2H3,(H,23,27). The van der Waals surface area contributed by atoms with Crippen molar-refractivity contribution in [2.75, 3.05) is 31.7 Å². The van der Waals surface area contributed by atoms with Crippen LogP contribution in [-0.4, -0.2) is 56.7 Å². The molecule has 0 bridgehead atoms. The molecule has 2 aromatic rings. The van der Waals surface area contributed by atoms with Crippen LogP contribution >= 0.6 is 0 Å². The predicted octanol–water partition coefficient (Wildman–Crippen LogP) is 1.57. The van der Waals surface area contributed by atoms with Crippen LogP contribution in [0.5, 0.6) is 11.5 Å². The summed E-state index contributed by atoms with van der Waals surface area (Å²) in [5, 5.41) is 6.54. The van der Waals surface area contributed by atoms with Gasteiger partial charge in [0.25, 0.3) is 0 Å². The largest absolute Gasteiger partial charge is 0.454 e. The summed E-state index contributed by atoms with van der Waals surface area (Å²) in [6, 6.07) is 5.23. The average Bonchev–Trinajstić information content (AvgIpc) is 3.39. The number of amides is 2. The molecule has 0 atom stereocenters. The van der Waals surface area contributed by atoms with E-state index in [0.717, 1.165) is 0 Å². The minimum absolute atomic E-state index is 0.00392. The van der Waals surface area contributed by atoms with Gasteiger partial charge in [-0.05, 0) is 38.8 Å². The Morgan fingerprint density at radius 3 is 2.58 bits per heavy atom. The lowest BCUT2D eigenvalue weighted by Crippen LogP contribution is -2.42. The molecule has 0 aliphatic carbocycles. The Balaban J connectivity index is 1.22. The molecule has 3 heterocycles. The first-order valence-corrected chi connectivity index (χ1v) is 12.1. The molecule has 0 saturated carbocycles. The fourth-order valence-corrected chi connectivity index (χ4v) is 5.35. The molecular weight excluding hydrogens is 452 g/mol. The van der Waals surface area contributed by atoms with Gasteiger partial charge in [-0.25, -0.2) is 13.1 Å². The number of rotatable bonds is 7. The van der Waals surface area contributed by atoms with Crippen LogP contribution in [0.4, 0.5) is 5.69 Å². The lowest BCUT2D eigenvalue weighted by Gasteiger charge is -2.31. The van der Waals surface area contributed by atoms with Crippen LogP contribution in [0.15, 0.2) is 27.6 Å². The number of benzene rings is 1. The molecule has 12 heteroatoms. The topological polar surface area (TPSA) is 140 Å². The van der Waals surface area contributed by atoms with Crippen LogP contribution < -0.4 is 19.5 Å². The van der Waals surface area contributed by atoms with Gasteiger partial charge in [-0.2, -0.15) is 0 Å². The summed E-state index contributed by atoms with van der Waals surface area (Å²) in [5.41, 5.74) is 0.903. The fourth-order valence-electron chi connectivity index (χ4n) is 3.99. The maximum Gasteiger partial charge on any atom is 0.245 e. The van der Waals surface area contributed by atoms with Gasteiger partial charge in [0.2, 0.25) is 28.6 Å². The van der Waals surface area contributed by atoms with Crippen molar-refractivity contribution in [3.05, 3.63) is 29.7 Å². The molecule has 1 aromatic carbocycles. The Hall–Kier alpha value is -3.12. The molecule has 11 nitrogen and oxygen atoms in total. The van der Waals surface area contributed by atoms with Crippen LogP contribution in [0.2, 0.25) is 0 Å². The third-order valence-corrected chi connectivity index (χ3v) is 7.43. The molecule has 0 spiro atoms. The van der Waals surface area contributed by atoms with Crippen molar-refractivity contribution in [3.8, 4) is 11.5 Å². The number of piperidine rings is 1. The first kappa shape index (κ1) is 23.1. The normalized spacial score (nSPS) is 16.1. The highest BCUT2D eigenvalue weighted by molar-refractivity contribution is 7.89. The third-order valence-electron chi connectivity index (χ3n) is 5.73. The Kier molecular flexibility index (Phi) is 6.56. The molecule has 2 amide bonds. The maximum atomic E-state index is 12.6. The first-order valence-electron chi connectivity index (χ1n) is 10.7. The monoisotopic (exact) mass is 478 g/mol. The molecule has 1 saturated heterocycles. The molecular formula is C21H26N4O7S. The zero-order valence-corrected chi connectivity index (χ0v) is 19.2. The Morgan fingerprint density at radius 2 is 1.88 bits per heavy atom. The highest BCUT2D eigenvalue weighted by Crippen LogP contribution is 2.34. The molecule has 1 fully saturated rings. The van der Waals surface area contributed by atoms with Crippen LogP contribution in [0.1, 0.15) is 30.7 Å². The van der Waals surface area contributed by atoms with Crippen molar-refractivity contribution in [2.45, 2.75) is 38.0 Å². The second-order valence-corrected chi connectivity index (χ2v) is 9.72. The predicted molar refractivity (Wildman–Crippen MR) is 116 cm³/mol. The number of anilines is 1. The highest BCUT2D eigenvalue weighted by Gasteiger charge is 2.28. The Labute approximate surface area is 191 Å². The maximum absolute atomic E-state index is 12.6. The van der Waals surface area contributed by atoms with Gasteiger partial charge >= 0.3 is 0 Å². The first-order chi connectivity index (χ1) is 15.7. The van der Waals surface area contributed by atoms with E-state index in [-0.39, 0.29) is 53.8 Å². The highest BCUT2D eigenvalue weighted by atomic mass is 32.2. The van der Waals surface area contributed by atoms with Crippen molar-refractivity contribution < 1.29 is 32.0 Å². The lowest BCUT2D eigenvalue weighted by atomic mass is 9.95. The summed E-state index contributed by atoms with van der Waals surface area (Å²) in [6.07, 6.45) is 1.09. The van der Waals surface area contributed by atoms with Gasteiger partial charge in [0.05, 0.1) is 0 Å². The number of aromatic nitrogens is 1. The molecule has 33 heavy (non-hydrogen) atoms. The quantitative estimate of drug-likeness (QED) is 0.611. The molecule has 2 N–H and O–H groups in total. The van der Waals surface area contributed by atoms with E-state index in [0.29, 0.717) is 43.1 Å². The average molecular weight is 479 g/mol. The summed E-state index contributed by atoms with van der Waals surface area (Å²) in [5.74, 6) is 0.969. The number of carbonyl (C=O) groups excluding carboxylic acids is 2. The number of fused-ring (bicyclic) bond motifs is 1. The van der Waals surface area contributed by atoms with Gasteiger partial charge in [-0.1, -0.05) is 5.16 Å². The number of aryl methyl sites for hydroxylation is 2. The summed E-state index contributed by atoms with van der Waals surface area (Å²) < 4.78 is 42.8. The molecule has 0 unspecified atom stereocenters. The third kappa shape index (κ3) is 5.11. The van der Waals surface area contributed by atoms with Gasteiger partial charge in [0, 0.05) is 43.7 Å². The minimum Gasteiger partial charge on any atom is -0.454 e. The van der Waals surface area contributed by atoms with E-state index >= 15 is 0 Å². The van der Waals surface area contributed by atoms with Crippen molar-refractivity contribution in [1.82, 2.24) is 14.8 Å². The van der Waals surface area contributed by atoms with E-state index in [1.54, 1.807) is 30.0 Å². The molecule has 1 aromatic heterocycles.